The standard InChI is InChI=1S/C38H53N3O12S/c1-38(2,15-7-4-8-16-39-36(43)53-27-13-17-48-22-27)24-40(54(46,47)28-11-12-33-34(20-28)52-25-51-33)21-32(42)30(19-26-9-5-3-6-10-26)41(37(44)45)31-23-50-35-29(31)14-18-49-35/h3,5-6,9-12,20,27,29-32,35,42H,4,7-8,13-19,21-25H2,1-2H3,(H,39,43)(H,44,45)/t27-,29+,30+,31+,32-,35-/m1/s1. The van der Waals surface area contributed by atoms with Crippen LogP contribution in [0.3, 0.4) is 0 Å². The molecule has 0 spiro atoms. The average molecular weight is 776 g/mol. The van der Waals surface area contributed by atoms with Gasteiger partial charge >= 0.3 is 12.2 Å². The fourth-order valence-electron chi connectivity index (χ4n) is 7.75. The molecule has 0 aliphatic carbocycles. The Morgan fingerprint density at radius 1 is 1.00 bits per heavy atom. The number of unbranched alkanes of at least 4 members (excludes halogenated alkanes) is 2. The smallest absolute Gasteiger partial charge is 0.407 e. The van der Waals surface area contributed by atoms with Crippen LogP contribution in [-0.4, -0.2) is 123 Å². The second kappa shape index (κ2) is 17.9. The molecule has 0 aromatic heterocycles. The third-order valence-electron chi connectivity index (χ3n) is 10.6. The SMILES string of the molecule is CC(C)(CCCCCNC(=O)O[C@@H]1CCOC1)CN(C[C@@H](O)[C@H](Cc1ccccc1)N(C(=O)O)[C@H]1CO[C@H]2OCC[C@H]21)S(=O)(=O)c1ccc2c(c1)OCO2. The minimum Gasteiger partial charge on any atom is -0.465 e. The summed E-state index contributed by atoms with van der Waals surface area (Å²) in [5.74, 6) is 0.532. The summed E-state index contributed by atoms with van der Waals surface area (Å²) in [7, 11) is -4.24. The van der Waals surface area contributed by atoms with Crippen LogP contribution in [0.15, 0.2) is 53.4 Å². The molecule has 3 N–H and O–H groups in total. The number of carboxylic acid groups (broad SMARTS) is 1. The molecule has 2 amide bonds. The van der Waals surface area contributed by atoms with Gasteiger partial charge in [0.1, 0.15) is 6.10 Å². The number of amides is 2. The molecule has 298 valence electrons. The van der Waals surface area contributed by atoms with E-state index in [0.29, 0.717) is 63.5 Å². The number of carbonyl (C=O) groups excluding carboxylic acids is 1. The third-order valence-corrected chi connectivity index (χ3v) is 12.4. The topological polar surface area (TPSA) is 183 Å². The summed E-state index contributed by atoms with van der Waals surface area (Å²) in [6, 6.07) is 12.1. The molecule has 16 heteroatoms. The van der Waals surface area contributed by atoms with E-state index in [4.69, 9.17) is 28.4 Å². The van der Waals surface area contributed by atoms with E-state index in [0.717, 1.165) is 18.4 Å². The summed E-state index contributed by atoms with van der Waals surface area (Å²) < 4.78 is 63.3. The van der Waals surface area contributed by atoms with Gasteiger partial charge in [-0.3, -0.25) is 4.90 Å². The van der Waals surface area contributed by atoms with E-state index in [9.17, 15) is 28.2 Å². The van der Waals surface area contributed by atoms with Gasteiger partial charge in [0, 0.05) is 38.0 Å². The number of rotatable bonds is 18. The largest absolute Gasteiger partial charge is 0.465 e. The van der Waals surface area contributed by atoms with E-state index in [2.05, 4.69) is 5.32 Å². The normalized spacial score (nSPS) is 23.3. The van der Waals surface area contributed by atoms with Crippen molar-refractivity contribution in [3.05, 3.63) is 54.1 Å². The Balaban J connectivity index is 1.18. The number of aliphatic hydroxyl groups excluding tert-OH is 1. The molecule has 4 aliphatic rings. The first kappa shape index (κ1) is 40.0. The van der Waals surface area contributed by atoms with Crippen molar-refractivity contribution in [3.8, 4) is 11.5 Å². The highest BCUT2D eigenvalue weighted by Crippen LogP contribution is 2.38. The number of aliphatic hydroxyl groups is 1. The number of sulfonamides is 1. The lowest BCUT2D eigenvalue weighted by Gasteiger charge is -2.40. The predicted molar refractivity (Wildman–Crippen MR) is 195 cm³/mol. The minimum atomic E-state index is -4.24. The van der Waals surface area contributed by atoms with Crippen LogP contribution >= 0.6 is 0 Å². The van der Waals surface area contributed by atoms with Crippen molar-refractivity contribution in [2.75, 3.05) is 52.9 Å². The quantitative estimate of drug-likeness (QED) is 0.184. The average Bonchev–Trinajstić information content (AvgIpc) is 3.96. The molecular weight excluding hydrogens is 722 g/mol. The second-order valence-electron chi connectivity index (χ2n) is 15.2. The Labute approximate surface area is 316 Å². The van der Waals surface area contributed by atoms with Crippen LogP contribution in [-0.2, 0) is 35.4 Å². The predicted octanol–water partition coefficient (Wildman–Crippen LogP) is 4.22. The number of carbonyl (C=O) groups is 2. The molecule has 3 saturated heterocycles. The zero-order chi connectivity index (χ0) is 38.3. The van der Waals surface area contributed by atoms with Gasteiger partial charge in [0.2, 0.25) is 16.8 Å². The van der Waals surface area contributed by atoms with E-state index in [1.54, 1.807) is 6.07 Å². The maximum atomic E-state index is 14.5. The number of ether oxygens (including phenoxy) is 6. The van der Waals surface area contributed by atoms with Crippen LogP contribution in [0.25, 0.3) is 0 Å². The summed E-state index contributed by atoms with van der Waals surface area (Å²) in [6.07, 6.45) is 0.538. The molecule has 0 radical (unpaired) electrons. The summed E-state index contributed by atoms with van der Waals surface area (Å²) in [5.41, 5.74) is 0.249. The molecule has 0 unspecified atom stereocenters. The summed E-state index contributed by atoms with van der Waals surface area (Å²) in [6.45, 7) is 5.62. The maximum absolute atomic E-state index is 14.5. The Morgan fingerprint density at radius 3 is 2.56 bits per heavy atom. The van der Waals surface area contributed by atoms with Crippen LogP contribution in [0, 0.1) is 11.3 Å². The van der Waals surface area contributed by atoms with Crippen molar-refractivity contribution in [1.29, 1.82) is 0 Å². The van der Waals surface area contributed by atoms with E-state index in [1.165, 1.54) is 21.3 Å². The Hall–Kier alpha value is -3.67. The first-order valence-corrected chi connectivity index (χ1v) is 20.2. The summed E-state index contributed by atoms with van der Waals surface area (Å²) in [5, 5.41) is 25.6. The molecule has 0 bridgehead atoms. The summed E-state index contributed by atoms with van der Waals surface area (Å²) in [4.78, 5) is 26.4. The van der Waals surface area contributed by atoms with Gasteiger partial charge in [-0.05, 0) is 48.8 Å². The van der Waals surface area contributed by atoms with Gasteiger partial charge in [0.25, 0.3) is 0 Å². The van der Waals surface area contributed by atoms with Gasteiger partial charge in [-0.25, -0.2) is 18.0 Å². The Morgan fingerprint density at radius 2 is 1.80 bits per heavy atom. The molecule has 6 atom stereocenters. The van der Waals surface area contributed by atoms with E-state index in [1.807, 2.05) is 44.2 Å². The van der Waals surface area contributed by atoms with Crippen LogP contribution in [0.4, 0.5) is 9.59 Å². The molecule has 6 rings (SSSR count). The Bertz CT molecular complexity index is 1670. The highest BCUT2D eigenvalue weighted by Gasteiger charge is 2.49. The number of nitrogens with one attached hydrogen (secondary N) is 1. The number of benzene rings is 2. The van der Waals surface area contributed by atoms with Crippen LogP contribution in [0.5, 0.6) is 11.5 Å². The zero-order valence-corrected chi connectivity index (χ0v) is 31.8. The monoisotopic (exact) mass is 775 g/mol. The molecule has 54 heavy (non-hydrogen) atoms. The fraction of sp³-hybridized carbons (Fsp3) is 0.632. The second-order valence-corrected chi connectivity index (χ2v) is 17.1. The molecule has 2 aromatic rings. The highest BCUT2D eigenvalue weighted by atomic mass is 32.2. The molecular formula is C38H53N3O12S. The summed E-state index contributed by atoms with van der Waals surface area (Å²) >= 11 is 0. The van der Waals surface area contributed by atoms with Crippen molar-refractivity contribution >= 4 is 22.2 Å². The first-order chi connectivity index (χ1) is 25.9. The molecule has 2 aromatic carbocycles. The van der Waals surface area contributed by atoms with Gasteiger partial charge in [0.15, 0.2) is 17.8 Å². The van der Waals surface area contributed by atoms with Crippen molar-refractivity contribution in [2.45, 2.75) is 94.3 Å². The van der Waals surface area contributed by atoms with Crippen LogP contribution in [0.1, 0.15) is 57.9 Å². The molecule has 15 nitrogen and oxygen atoms in total. The lowest BCUT2D eigenvalue weighted by atomic mass is 9.86. The van der Waals surface area contributed by atoms with Gasteiger partial charge in [-0.2, -0.15) is 4.31 Å². The molecule has 0 saturated carbocycles. The molecule has 4 heterocycles. The van der Waals surface area contributed by atoms with Gasteiger partial charge < -0.3 is 44.0 Å². The van der Waals surface area contributed by atoms with Gasteiger partial charge in [-0.15, -0.1) is 0 Å². The lowest BCUT2D eigenvalue weighted by Crippen LogP contribution is -2.58. The van der Waals surface area contributed by atoms with E-state index in [-0.39, 0.29) is 49.8 Å². The van der Waals surface area contributed by atoms with Crippen LogP contribution < -0.4 is 14.8 Å². The number of fused-ring (bicyclic) bond motifs is 2. The zero-order valence-electron chi connectivity index (χ0n) is 31.0. The van der Waals surface area contributed by atoms with Crippen molar-refractivity contribution < 1.29 is 56.6 Å². The van der Waals surface area contributed by atoms with Crippen molar-refractivity contribution in [2.24, 2.45) is 11.3 Å². The Kier molecular flexibility index (Phi) is 13.2. The minimum absolute atomic E-state index is 0.0234. The lowest BCUT2D eigenvalue weighted by molar-refractivity contribution is -0.0906. The molecule has 4 aliphatic heterocycles. The first-order valence-electron chi connectivity index (χ1n) is 18.8. The molecule has 3 fully saturated rings. The van der Waals surface area contributed by atoms with E-state index >= 15 is 0 Å². The number of alkyl carbamates (subject to hydrolysis) is 1. The third kappa shape index (κ3) is 9.95. The van der Waals surface area contributed by atoms with E-state index < -0.39 is 52.1 Å². The van der Waals surface area contributed by atoms with Crippen molar-refractivity contribution in [3.63, 3.8) is 0 Å². The van der Waals surface area contributed by atoms with Crippen LogP contribution in [0.2, 0.25) is 0 Å². The number of hydrogen-bond donors (Lipinski definition) is 3. The number of hydrogen-bond acceptors (Lipinski definition) is 11. The number of nitrogens with zero attached hydrogens (tertiary/aromatic N) is 2. The van der Waals surface area contributed by atoms with Gasteiger partial charge in [-0.1, -0.05) is 57.0 Å². The maximum Gasteiger partial charge on any atom is 0.407 e. The fourth-order valence-corrected chi connectivity index (χ4v) is 9.41. The van der Waals surface area contributed by atoms with Crippen molar-refractivity contribution in [1.82, 2.24) is 14.5 Å². The van der Waals surface area contributed by atoms with Gasteiger partial charge in [0.05, 0.1) is 49.5 Å². The highest BCUT2D eigenvalue weighted by molar-refractivity contribution is 7.89.